The van der Waals surface area contributed by atoms with Crippen molar-refractivity contribution in [1.29, 1.82) is 0 Å². The molecule has 8 nitrogen and oxygen atoms in total. The van der Waals surface area contributed by atoms with Gasteiger partial charge in [0, 0.05) is 18.0 Å². The van der Waals surface area contributed by atoms with Crippen LogP contribution in [0, 0.1) is 20.8 Å². The third-order valence-corrected chi connectivity index (χ3v) is 4.55. The van der Waals surface area contributed by atoms with E-state index < -0.39 is 12.1 Å². The van der Waals surface area contributed by atoms with Crippen molar-refractivity contribution in [2.24, 2.45) is 0 Å². The first-order valence-corrected chi connectivity index (χ1v) is 9.76. The van der Waals surface area contributed by atoms with E-state index in [-0.39, 0.29) is 5.78 Å². The van der Waals surface area contributed by atoms with Gasteiger partial charge in [0.25, 0.3) is 0 Å². The quantitative estimate of drug-likeness (QED) is 0.478. The van der Waals surface area contributed by atoms with Crippen molar-refractivity contribution in [3.8, 4) is 11.4 Å². The van der Waals surface area contributed by atoms with E-state index in [1.54, 1.807) is 32.8 Å². The molecule has 0 aliphatic carbocycles. The van der Waals surface area contributed by atoms with Crippen molar-refractivity contribution in [2.45, 2.75) is 40.7 Å². The highest BCUT2D eigenvalue weighted by molar-refractivity contribution is 5.90. The minimum atomic E-state index is -0.747. The van der Waals surface area contributed by atoms with Crippen molar-refractivity contribution in [3.63, 3.8) is 0 Å². The number of hydrogen-bond acceptors (Lipinski definition) is 6. The summed E-state index contributed by atoms with van der Waals surface area (Å²) in [7, 11) is 1.58. The Hall–Kier alpha value is -3.68. The Morgan fingerprint density at radius 3 is 2.42 bits per heavy atom. The molecule has 1 aromatic carbocycles. The fourth-order valence-corrected chi connectivity index (χ4v) is 2.45. The Morgan fingerprint density at radius 2 is 1.94 bits per heavy atom. The van der Waals surface area contributed by atoms with Crippen LogP contribution in [0.2, 0.25) is 0 Å². The lowest BCUT2D eigenvalue weighted by molar-refractivity contribution is -0.148. The molecule has 8 heteroatoms. The van der Waals surface area contributed by atoms with Gasteiger partial charge in [-0.05, 0) is 58.4 Å². The molecule has 0 fully saturated rings. The Balaban J connectivity index is 0.000000412. The second-order valence-corrected chi connectivity index (χ2v) is 6.99. The number of esters is 1. The third-order valence-electron chi connectivity index (χ3n) is 4.55. The topological polar surface area (TPSA) is 99.1 Å². The Morgan fingerprint density at radius 1 is 1.19 bits per heavy atom. The second-order valence-electron chi connectivity index (χ2n) is 6.99. The van der Waals surface area contributed by atoms with Gasteiger partial charge in [0.2, 0.25) is 0 Å². The van der Waals surface area contributed by atoms with Crippen LogP contribution >= 0.6 is 0 Å². The summed E-state index contributed by atoms with van der Waals surface area (Å²) < 4.78 is 12.2. The monoisotopic (exact) mass is 424 g/mol. The van der Waals surface area contributed by atoms with Crippen LogP contribution < -0.4 is 4.74 Å². The molecular weight excluding hydrogens is 396 g/mol. The number of ketones is 1. The smallest absolute Gasteiger partial charge is 0.331 e. The highest BCUT2D eigenvalue weighted by atomic mass is 16.5. The molecule has 1 N–H and O–H groups in total. The van der Waals surface area contributed by atoms with Crippen molar-refractivity contribution in [3.05, 3.63) is 65.8 Å². The number of carbonyl (C=O) groups is 2. The zero-order valence-corrected chi connectivity index (χ0v) is 18.7. The number of H-pyrrole nitrogens is 1. The van der Waals surface area contributed by atoms with Crippen LogP contribution in [0.5, 0.6) is 5.75 Å². The number of benzene rings is 1. The van der Waals surface area contributed by atoms with Gasteiger partial charge in [0.05, 0.1) is 36.8 Å². The summed E-state index contributed by atoms with van der Waals surface area (Å²) in [6, 6.07) is 5.54. The lowest BCUT2D eigenvalue weighted by Crippen LogP contribution is -2.20. The maximum atomic E-state index is 11.7. The van der Waals surface area contributed by atoms with Crippen molar-refractivity contribution < 1.29 is 19.1 Å². The minimum absolute atomic E-state index is 0.196. The van der Waals surface area contributed by atoms with Crippen LogP contribution in [0.3, 0.4) is 0 Å². The van der Waals surface area contributed by atoms with Crippen molar-refractivity contribution in [2.75, 3.05) is 7.11 Å². The number of methoxy groups -OCH3 is 1. The number of aromatic amines is 1. The number of Topliss-reactive ketones (excluding diaryl/α,β-unsaturated/α-hetero) is 1. The summed E-state index contributed by atoms with van der Waals surface area (Å²) in [6.07, 6.45) is 7.46. The molecule has 2 aromatic heterocycles. The highest BCUT2D eigenvalue weighted by Gasteiger charge is 2.11. The molecule has 0 radical (unpaired) electrons. The van der Waals surface area contributed by atoms with E-state index in [4.69, 9.17) is 9.47 Å². The molecule has 0 aliphatic rings. The van der Waals surface area contributed by atoms with Crippen LogP contribution in [-0.2, 0) is 14.3 Å². The zero-order chi connectivity index (χ0) is 23.0. The second kappa shape index (κ2) is 10.9. The standard InChI is InChI=1S/C18H20N2O4.C5H8N2/c1-12-10-20(11-19-12)16-7-5-15(9-17(16)23-4)6-8-18(22)24-14(3)13(2)21;1-4-5(2)7-3-6-4/h5-11,14H,1-4H3;3H,1-2H3,(H,6,7)/b8-6+;. The first-order chi connectivity index (χ1) is 14.7. The Bertz CT molecular complexity index is 1050. The molecule has 0 amide bonds. The number of aromatic nitrogens is 4. The molecule has 3 aromatic rings. The lowest BCUT2D eigenvalue weighted by Gasteiger charge is -2.10. The first-order valence-electron chi connectivity index (χ1n) is 9.76. The molecule has 3 rings (SSSR count). The predicted octanol–water partition coefficient (Wildman–Crippen LogP) is 3.75. The number of nitrogens with zero attached hydrogens (tertiary/aromatic N) is 3. The third kappa shape index (κ3) is 6.95. The van der Waals surface area contributed by atoms with E-state index in [9.17, 15) is 9.59 Å². The van der Waals surface area contributed by atoms with E-state index in [0.717, 1.165) is 28.3 Å². The number of rotatable bonds is 6. The molecule has 0 aliphatic heterocycles. The van der Waals surface area contributed by atoms with Crippen LogP contribution in [0.15, 0.2) is 43.1 Å². The van der Waals surface area contributed by atoms with Crippen LogP contribution in [0.4, 0.5) is 0 Å². The van der Waals surface area contributed by atoms with E-state index in [1.807, 2.05) is 49.7 Å². The summed E-state index contributed by atoms with van der Waals surface area (Å²) >= 11 is 0. The molecule has 0 saturated heterocycles. The van der Waals surface area contributed by atoms with Gasteiger partial charge >= 0.3 is 5.97 Å². The fourth-order valence-electron chi connectivity index (χ4n) is 2.45. The minimum Gasteiger partial charge on any atom is -0.495 e. The SMILES string of the molecule is COc1cc(/C=C/C(=O)OC(C)C(C)=O)ccc1-n1cnc(C)c1.Cc1nc[nH]c1C. The maximum Gasteiger partial charge on any atom is 0.331 e. The van der Waals surface area contributed by atoms with Gasteiger partial charge in [-0.15, -0.1) is 0 Å². The van der Waals surface area contributed by atoms with Crippen LogP contribution in [0.1, 0.15) is 36.5 Å². The molecule has 31 heavy (non-hydrogen) atoms. The summed E-state index contributed by atoms with van der Waals surface area (Å²) in [5, 5.41) is 0. The number of imidazole rings is 2. The summed E-state index contributed by atoms with van der Waals surface area (Å²) in [4.78, 5) is 33.9. The van der Waals surface area contributed by atoms with Gasteiger partial charge in [-0.25, -0.2) is 14.8 Å². The molecule has 0 spiro atoms. The molecule has 2 heterocycles. The van der Waals surface area contributed by atoms with Crippen molar-refractivity contribution in [1.82, 2.24) is 19.5 Å². The van der Waals surface area contributed by atoms with Gasteiger partial charge in [-0.2, -0.15) is 0 Å². The maximum absolute atomic E-state index is 11.7. The number of carbonyl (C=O) groups excluding carboxylic acids is 2. The average molecular weight is 425 g/mol. The van der Waals surface area contributed by atoms with E-state index in [2.05, 4.69) is 15.0 Å². The van der Waals surface area contributed by atoms with Gasteiger partial charge in [-0.1, -0.05) is 6.07 Å². The molecule has 0 saturated carbocycles. The lowest BCUT2D eigenvalue weighted by atomic mass is 10.1. The van der Waals surface area contributed by atoms with Crippen molar-refractivity contribution >= 4 is 17.8 Å². The predicted molar refractivity (Wildman–Crippen MR) is 118 cm³/mol. The van der Waals surface area contributed by atoms with Gasteiger partial charge < -0.3 is 19.0 Å². The normalized spacial score (nSPS) is 11.5. The molecule has 1 unspecified atom stereocenters. The number of aryl methyl sites for hydroxylation is 3. The summed E-state index contributed by atoms with van der Waals surface area (Å²) in [6.45, 7) is 8.81. The summed E-state index contributed by atoms with van der Waals surface area (Å²) in [5.41, 5.74) is 4.77. The Kier molecular flexibility index (Phi) is 8.31. The molecule has 1 atom stereocenters. The Labute approximate surface area is 181 Å². The van der Waals surface area contributed by atoms with E-state index in [0.29, 0.717) is 5.75 Å². The summed E-state index contributed by atoms with van der Waals surface area (Å²) in [5.74, 6) is -0.107. The number of hydrogen-bond donors (Lipinski definition) is 1. The van der Waals surface area contributed by atoms with Gasteiger partial charge in [0.1, 0.15) is 5.75 Å². The van der Waals surface area contributed by atoms with E-state index >= 15 is 0 Å². The molecular formula is C23H28N4O4. The van der Waals surface area contributed by atoms with E-state index in [1.165, 1.54) is 13.0 Å². The molecule has 164 valence electrons. The number of ether oxygens (including phenoxy) is 2. The fraction of sp³-hybridized carbons (Fsp3) is 0.304. The highest BCUT2D eigenvalue weighted by Crippen LogP contribution is 2.25. The molecule has 0 bridgehead atoms. The first kappa shape index (κ1) is 23.6. The zero-order valence-electron chi connectivity index (χ0n) is 18.7. The van der Waals surface area contributed by atoms with Gasteiger partial charge in [0.15, 0.2) is 11.9 Å². The largest absolute Gasteiger partial charge is 0.495 e. The van der Waals surface area contributed by atoms with Crippen LogP contribution in [-0.4, -0.2) is 44.5 Å². The average Bonchev–Trinajstić information content (AvgIpc) is 3.34. The number of nitrogens with one attached hydrogen (secondary N) is 1. The van der Waals surface area contributed by atoms with Crippen LogP contribution in [0.25, 0.3) is 11.8 Å². The van der Waals surface area contributed by atoms with Gasteiger partial charge in [-0.3, -0.25) is 4.79 Å².